The first kappa shape index (κ1) is 17.8. The highest BCUT2D eigenvalue weighted by atomic mass is 79.9. The topological polar surface area (TPSA) is 80.2 Å². The average Bonchev–Trinajstić information content (AvgIpc) is 2.56. The molecule has 126 valence electrons. The van der Waals surface area contributed by atoms with E-state index in [9.17, 15) is 4.79 Å². The van der Waals surface area contributed by atoms with E-state index in [1.807, 2.05) is 31.2 Å². The Morgan fingerprint density at radius 1 is 1.38 bits per heavy atom. The molecule has 0 saturated carbocycles. The molecule has 1 amide bonds. The summed E-state index contributed by atoms with van der Waals surface area (Å²) in [7, 11) is 1.49. The zero-order valence-corrected chi connectivity index (χ0v) is 14.8. The molecule has 0 spiro atoms. The van der Waals surface area contributed by atoms with Gasteiger partial charge in [-0.3, -0.25) is 4.79 Å². The number of ether oxygens (including phenoxy) is 2. The van der Waals surface area contributed by atoms with Gasteiger partial charge in [-0.15, -0.1) is 0 Å². The second kappa shape index (κ2) is 8.35. The SMILES string of the molecule is COc1cc(C=NO)cc(Br)c1OCC(=O)Nc1ccccc1C. The Bertz CT molecular complexity index is 762. The third-order valence-corrected chi connectivity index (χ3v) is 3.81. The molecule has 2 N–H and O–H groups in total. The first-order valence-corrected chi connectivity index (χ1v) is 7.87. The fraction of sp³-hybridized carbons (Fsp3) is 0.176. The zero-order valence-electron chi connectivity index (χ0n) is 13.2. The Hall–Kier alpha value is -2.54. The van der Waals surface area contributed by atoms with E-state index in [0.717, 1.165) is 11.3 Å². The Labute approximate surface area is 148 Å². The Kier molecular flexibility index (Phi) is 6.20. The van der Waals surface area contributed by atoms with Crippen molar-refractivity contribution in [3.8, 4) is 11.5 Å². The number of oxime groups is 1. The Balaban J connectivity index is 2.08. The number of carbonyl (C=O) groups excluding carboxylic acids is 1. The van der Waals surface area contributed by atoms with Crippen LogP contribution < -0.4 is 14.8 Å². The molecule has 0 saturated heterocycles. The molecule has 0 aliphatic carbocycles. The molecule has 0 aliphatic heterocycles. The van der Waals surface area contributed by atoms with Crippen LogP contribution in [0.2, 0.25) is 0 Å². The maximum atomic E-state index is 12.1. The van der Waals surface area contributed by atoms with Crippen LogP contribution in [0.5, 0.6) is 11.5 Å². The number of anilines is 1. The number of nitrogens with zero attached hydrogens (tertiary/aromatic N) is 1. The number of halogens is 1. The van der Waals surface area contributed by atoms with Crippen LogP contribution in [0.4, 0.5) is 5.69 Å². The largest absolute Gasteiger partial charge is 0.493 e. The van der Waals surface area contributed by atoms with Crippen LogP contribution in [0.1, 0.15) is 11.1 Å². The minimum Gasteiger partial charge on any atom is -0.493 e. The maximum absolute atomic E-state index is 12.1. The molecule has 0 aromatic heterocycles. The fourth-order valence-electron chi connectivity index (χ4n) is 2.06. The predicted molar refractivity (Wildman–Crippen MR) is 95.4 cm³/mol. The van der Waals surface area contributed by atoms with Crippen LogP contribution >= 0.6 is 15.9 Å². The molecule has 24 heavy (non-hydrogen) atoms. The van der Waals surface area contributed by atoms with Crippen LogP contribution in [0, 0.1) is 6.92 Å². The molecular weight excluding hydrogens is 376 g/mol. The number of benzene rings is 2. The molecule has 0 fully saturated rings. The first-order chi connectivity index (χ1) is 11.5. The number of carbonyl (C=O) groups is 1. The van der Waals surface area contributed by atoms with Crippen molar-refractivity contribution < 1.29 is 19.5 Å². The standard InChI is InChI=1S/C17H17BrN2O4/c1-11-5-3-4-6-14(11)20-16(21)10-24-17-13(18)7-12(9-19-22)8-15(17)23-2/h3-9,22H,10H2,1-2H3,(H,20,21). The minimum absolute atomic E-state index is 0.170. The van der Waals surface area contributed by atoms with Crippen molar-refractivity contribution in [3.05, 3.63) is 52.0 Å². The van der Waals surface area contributed by atoms with Crippen molar-refractivity contribution >= 4 is 33.7 Å². The third kappa shape index (κ3) is 4.48. The van der Waals surface area contributed by atoms with E-state index in [1.165, 1.54) is 13.3 Å². The van der Waals surface area contributed by atoms with Gasteiger partial charge in [0, 0.05) is 11.3 Å². The Morgan fingerprint density at radius 2 is 2.12 bits per heavy atom. The van der Waals surface area contributed by atoms with Crippen molar-refractivity contribution in [2.45, 2.75) is 6.92 Å². The molecule has 2 aromatic carbocycles. The van der Waals surface area contributed by atoms with Crippen LogP contribution in [0.3, 0.4) is 0 Å². The monoisotopic (exact) mass is 392 g/mol. The van der Waals surface area contributed by atoms with Crippen LogP contribution in [0.25, 0.3) is 0 Å². The molecule has 0 unspecified atom stereocenters. The predicted octanol–water partition coefficient (Wildman–Crippen LogP) is 3.59. The van der Waals surface area contributed by atoms with Crippen LogP contribution in [-0.2, 0) is 4.79 Å². The molecular formula is C17H17BrN2O4. The van der Waals surface area contributed by atoms with E-state index in [2.05, 4.69) is 26.4 Å². The summed E-state index contributed by atoms with van der Waals surface area (Å²) in [5.74, 6) is 0.537. The molecule has 0 radical (unpaired) electrons. The van der Waals surface area contributed by atoms with Crippen LogP contribution in [0.15, 0.2) is 46.0 Å². The number of aryl methyl sites for hydroxylation is 1. The van der Waals surface area contributed by atoms with Gasteiger partial charge < -0.3 is 20.0 Å². The lowest BCUT2D eigenvalue weighted by atomic mass is 10.2. The van der Waals surface area contributed by atoms with Gasteiger partial charge in [-0.25, -0.2) is 0 Å². The fourth-order valence-corrected chi connectivity index (χ4v) is 2.63. The number of rotatable bonds is 6. The molecule has 0 aliphatic rings. The Morgan fingerprint density at radius 3 is 2.79 bits per heavy atom. The van der Waals surface area contributed by atoms with Crippen LogP contribution in [-0.4, -0.2) is 31.0 Å². The third-order valence-electron chi connectivity index (χ3n) is 3.23. The van der Waals surface area contributed by atoms with Gasteiger partial charge in [0.1, 0.15) is 0 Å². The van der Waals surface area contributed by atoms with E-state index in [0.29, 0.717) is 21.5 Å². The van der Waals surface area contributed by atoms with E-state index < -0.39 is 0 Å². The highest BCUT2D eigenvalue weighted by molar-refractivity contribution is 9.10. The first-order valence-electron chi connectivity index (χ1n) is 7.08. The van der Waals surface area contributed by atoms with Gasteiger partial charge in [-0.05, 0) is 46.6 Å². The zero-order chi connectivity index (χ0) is 17.5. The van der Waals surface area contributed by atoms with Gasteiger partial charge in [0.2, 0.25) is 0 Å². The summed E-state index contributed by atoms with van der Waals surface area (Å²) < 4.78 is 11.4. The van der Waals surface area contributed by atoms with Gasteiger partial charge in [-0.1, -0.05) is 23.4 Å². The highest BCUT2D eigenvalue weighted by Gasteiger charge is 2.13. The summed E-state index contributed by atoms with van der Waals surface area (Å²) in [5, 5.41) is 14.4. The molecule has 6 nitrogen and oxygen atoms in total. The summed E-state index contributed by atoms with van der Waals surface area (Å²) in [5.41, 5.74) is 2.34. The summed E-state index contributed by atoms with van der Waals surface area (Å²) in [6.07, 6.45) is 1.27. The normalized spacial score (nSPS) is 10.6. The highest BCUT2D eigenvalue weighted by Crippen LogP contribution is 2.36. The summed E-state index contributed by atoms with van der Waals surface area (Å²) >= 11 is 3.36. The van der Waals surface area contributed by atoms with Crippen molar-refractivity contribution in [2.24, 2.45) is 5.16 Å². The molecule has 7 heteroatoms. The number of amides is 1. The molecule has 0 atom stereocenters. The van der Waals surface area contributed by atoms with Crippen molar-refractivity contribution in [3.63, 3.8) is 0 Å². The molecule has 0 bridgehead atoms. The average molecular weight is 393 g/mol. The van der Waals surface area contributed by atoms with E-state index in [1.54, 1.807) is 12.1 Å². The smallest absolute Gasteiger partial charge is 0.262 e. The number of nitrogens with one attached hydrogen (secondary N) is 1. The van der Waals surface area contributed by atoms with Gasteiger partial charge in [0.05, 0.1) is 17.8 Å². The van der Waals surface area contributed by atoms with E-state index >= 15 is 0 Å². The van der Waals surface area contributed by atoms with Gasteiger partial charge in [-0.2, -0.15) is 0 Å². The summed E-state index contributed by atoms with van der Waals surface area (Å²) in [6.45, 7) is 1.74. The van der Waals surface area contributed by atoms with Gasteiger partial charge in [0.15, 0.2) is 18.1 Å². The molecule has 2 aromatic rings. The second-order valence-corrected chi connectivity index (χ2v) is 5.78. The second-order valence-electron chi connectivity index (χ2n) is 4.93. The number of hydrogen-bond acceptors (Lipinski definition) is 5. The van der Waals surface area contributed by atoms with Gasteiger partial charge in [0.25, 0.3) is 5.91 Å². The summed E-state index contributed by atoms with van der Waals surface area (Å²) in [4.78, 5) is 12.1. The number of para-hydroxylation sites is 1. The lowest BCUT2D eigenvalue weighted by Crippen LogP contribution is -2.21. The van der Waals surface area contributed by atoms with Crippen molar-refractivity contribution in [1.29, 1.82) is 0 Å². The molecule has 2 rings (SSSR count). The molecule has 0 heterocycles. The lowest BCUT2D eigenvalue weighted by molar-refractivity contribution is -0.118. The summed E-state index contributed by atoms with van der Waals surface area (Å²) in [6, 6.07) is 10.8. The van der Waals surface area contributed by atoms with Crippen molar-refractivity contribution in [1.82, 2.24) is 0 Å². The maximum Gasteiger partial charge on any atom is 0.262 e. The quantitative estimate of drug-likeness (QED) is 0.447. The lowest BCUT2D eigenvalue weighted by Gasteiger charge is -2.14. The van der Waals surface area contributed by atoms with Crippen molar-refractivity contribution in [2.75, 3.05) is 19.0 Å². The van der Waals surface area contributed by atoms with E-state index in [-0.39, 0.29) is 12.5 Å². The number of methoxy groups -OCH3 is 1. The van der Waals surface area contributed by atoms with Gasteiger partial charge >= 0.3 is 0 Å². The van der Waals surface area contributed by atoms with E-state index in [4.69, 9.17) is 14.7 Å². The number of hydrogen-bond donors (Lipinski definition) is 2. The minimum atomic E-state index is -0.278.